The highest BCUT2D eigenvalue weighted by molar-refractivity contribution is 6.30. The summed E-state index contributed by atoms with van der Waals surface area (Å²) in [6.07, 6.45) is 4.34. The van der Waals surface area contributed by atoms with Crippen molar-refractivity contribution < 1.29 is 4.39 Å². The number of hydrogen-bond donors (Lipinski definition) is 0. The van der Waals surface area contributed by atoms with Crippen LogP contribution in [0, 0.1) is 0 Å². The zero-order valence-electron chi connectivity index (χ0n) is 5.20. The summed E-state index contributed by atoms with van der Waals surface area (Å²) in [6.45, 7) is 4.74. The van der Waals surface area contributed by atoms with Crippen LogP contribution in [-0.2, 0) is 0 Å². The van der Waals surface area contributed by atoms with Gasteiger partial charge in [0, 0.05) is 5.03 Å². The van der Waals surface area contributed by atoms with Gasteiger partial charge in [0.1, 0.15) is 0 Å². The third-order valence-electron chi connectivity index (χ3n) is 0.603. The van der Waals surface area contributed by atoms with E-state index in [1.54, 1.807) is 0 Å². The van der Waals surface area contributed by atoms with E-state index in [1.807, 2.05) is 0 Å². The molecule has 2 heteroatoms. The Bertz CT molecular complexity index is 152. The third-order valence-corrected chi connectivity index (χ3v) is 0.729. The SMILES string of the molecule is C=C(Cl)/C=C\C=C(\C)F. The molecule has 0 spiro atoms. The van der Waals surface area contributed by atoms with Crippen molar-refractivity contribution in [2.75, 3.05) is 0 Å². The van der Waals surface area contributed by atoms with E-state index in [9.17, 15) is 4.39 Å². The second-order valence-electron chi connectivity index (χ2n) is 1.56. The van der Waals surface area contributed by atoms with E-state index >= 15 is 0 Å². The average molecular weight is 147 g/mol. The molecule has 0 saturated carbocycles. The Labute approximate surface area is 59.3 Å². The largest absolute Gasteiger partial charge is 0.212 e. The van der Waals surface area contributed by atoms with Gasteiger partial charge in [0.05, 0.1) is 5.83 Å². The van der Waals surface area contributed by atoms with Gasteiger partial charge in [-0.25, -0.2) is 4.39 Å². The van der Waals surface area contributed by atoms with Crippen LogP contribution in [0.4, 0.5) is 4.39 Å². The first-order valence-electron chi connectivity index (χ1n) is 2.48. The van der Waals surface area contributed by atoms with Gasteiger partial charge in [-0.15, -0.1) is 0 Å². The van der Waals surface area contributed by atoms with Crippen LogP contribution in [0.15, 0.2) is 35.7 Å². The van der Waals surface area contributed by atoms with Gasteiger partial charge >= 0.3 is 0 Å². The maximum atomic E-state index is 11.9. The molecule has 50 valence electrons. The Kier molecular flexibility index (Phi) is 4.06. The topological polar surface area (TPSA) is 0 Å². The third kappa shape index (κ3) is 7.44. The summed E-state index contributed by atoms with van der Waals surface area (Å²) < 4.78 is 11.9. The predicted octanol–water partition coefficient (Wildman–Crippen LogP) is 3.17. The van der Waals surface area contributed by atoms with Gasteiger partial charge in [0.2, 0.25) is 0 Å². The number of allylic oxidation sites excluding steroid dienone is 5. The van der Waals surface area contributed by atoms with E-state index in [0.717, 1.165) is 0 Å². The van der Waals surface area contributed by atoms with E-state index < -0.39 is 0 Å². The standard InChI is InChI=1S/C7H8ClF/c1-6(8)4-3-5-7(2)9/h3-5H,1H2,2H3/b4-3-,7-5-. The summed E-state index contributed by atoms with van der Waals surface area (Å²) >= 11 is 5.33. The lowest BCUT2D eigenvalue weighted by Gasteiger charge is -1.78. The lowest BCUT2D eigenvalue weighted by molar-refractivity contribution is 0.640. The quantitative estimate of drug-likeness (QED) is 0.525. The molecule has 0 heterocycles. The van der Waals surface area contributed by atoms with Crippen molar-refractivity contribution in [2.24, 2.45) is 0 Å². The second-order valence-corrected chi connectivity index (χ2v) is 2.04. The van der Waals surface area contributed by atoms with Crippen LogP contribution in [0.1, 0.15) is 6.92 Å². The van der Waals surface area contributed by atoms with E-state index in [0.29, 0.717) is 5.03 Å². The minimum Gasteiger partial charge on any atom is -0.212 e. The summed E-state index contributed by atoms with van der Waals surface area (Å²) in [6, 6.07) is 0. The van der Waals surface area contributed by atoms with Gasteiger partial charge in [-0.1, -0.05) is 24.3 Å². The fourth-order valence-electron chi connectivity index (χ4n) is 0.285. The molecule has 0 saturated heterocycles. The maximum Gasteiger partial charge on any atom is 0.0968 e. The molecule has 0 unspecified atom stereocenters. The van der Waals surface area contributed by atoms with Crippen LogP contribution >= 0.6 is 11.6 Å². The van der Waals surface area contributed by atoms with E-state index in [1.165, 1.54) is 25.2 Å². The summed E-state index contributed by atoms with van der Waals surface area (Å²) in [5, 5.41) is 0.396. The lowest BCUT2D eigenvalue weighted by Crippen LogP contribution is -1.57. The van der Waals surface area contributed by atoms with E-state index in [-0.39, 0.29) is 5.83 Å². The minimum absolute atomic E-state index is 0.246. The van der Waals surface area contributed by atoms with Gasteiger partial charge in [-0.2, -0.15) is 0 Å². The number of hydrogen-bond acceptors (Lipinski definition) is 0. The van der Waals surface area contributed by atoms with Crippen molar-refractivity contribution in [2.45, 2.75) is 6.92 Å². The molecule has 0 rings (SSSR count). The van der Waals surface area contributed by atoms with Gasteiger partial charge in [0.25, 0.3) is 0 Å². The van der Waals surface area contributed by atoms with Crippen LogP contribution in [0.2, 0.25) is 0 Å². The number of rotatable bonds is 2. The molecule has 0 nitrogen and oxygen atoms in total. The highest BCUT2D eigenvalue weighted by Crippen LogP contribution is 1.99. The Morgan fingerprint density at radius 3 is 2.56 bits per heavy atom. The Hall–Kier alpha value is -0.560. The highest BCUT2D eigenvalue weighted by atomic mass is 35.5. The Morgan fingerprint density at radius 2 is 2.22 bits per heavy atom. The molecule has 9 heavy (non-hydrogen) atoms. The van der Waals surface area contributed by atoms with E-state index in [2.05, 4.69) is 6.58 Å². The smallest absolute Gasteiger partial charge is 0.0968 e. The normalized spacial score (nSPS) is 12.6. The van der Waals surface area contributed by atoms with Crippen LogP contribution < -0.4 is 0 Å². The molecule has 0 aliphatic heterocycles. The zero-order valence-corrected chi connectivity index (χ0v) is 5.95. The summed E-state index contributed by atoms with van der Waals surface area (Å²) in [4.78, 5) is 0. The second kappa shape index (κ2) is 4.33. The van der Waals surface area contributed by atoms with Gasteiger partial charge in [0.15, 0.2) is 0 Å². The molecule has 0 fully saturated rings. The van der Waals surface area contributed by atoms with Crippen molar-refractivity contribution in [3.05, 3.63) is 35.7 Å². The van der Waals surface area contributed by atoms with Gasteiger partial charge in [-0.3, -0.25) is 0 Å². The first kappa shape index (κ1) is 8.44. The van der Waals surface area contributed by atoms with Crippen LogP contribution in [0.3, 0.4) is 0 Å². The molecular weight excluding hydrogens is 139 g/mol. The maximum absolute atomic E-state index is 11.9. The van der Waals surface area contributed by atoms with Crippen LogP contribution in [0.5, 0.6) is 0 Å². The molecule has 0 aromatic carbocycles. The first-order valence-corrected chi connectivity index (χ1v) is 2.85. The van der Waals surface area contributed by atoms with Gasteiger partial charge < -0.3 is 0 Å². The average Bonchev–Trinajstić information content (AvgIpc) is 1.63. The summed E-state index contributed by atoms with van der Waals surface area (Å²) in [7, 11) is 0. The zero-order chi connectivity index (χ0) is 7.28. The van der Waals surface area contributed by atoms with Crippen molar-refractivity contribution in [3.63, 3.8) is 0 Å². The molecule has 0 aromatic heterocycles. The lowest BCUT2D eigenvalue weighted by atomic mass is 10.4. The van der Waals surface area contributed by atoms with Crippen molar-refractivity contribution in [3.8, 4) is 0 Å². The summed E-state index contributed by atoms with van der Waals surface area (Å²) in [5.41, 5.74) is 0. The molecule has 0 N–H and O–H groups in total. The van der Waals surface area contributed by atoms with Crippen molar-refractivity contribution >= 4 is 11.6 Å². The molecule has 0 aromatic rings. The molecule has 0 bridgehead atoms. The fourth-order valence-corrected chi connectivity index (χ4v) is 0.358. The molecule has 0 amide bonds. The highest BCUT2D eigenvalue weighted by Gasteiger charge is 1.76. The molecule has 0 atom stereocenters. The number of halogens is 2. The van der Waals surface area contributed by atoms with E-state index in [4.69, 9.17) is 11.6 Å². The molecule has 0 aliphatic carbocycles. The Balaban J connectivity index is 3.74. The molecule has 0 aliphatic rings. The Morgan fingerprint density at radius 1 is 1.67 bits per heavy atom. The monoisotopic (exact) mass is 146 g/mol. The van der Waals surface area contributed by atoms with Crippen molar-refractivity contribution in [1.82, 2.24) is 0 Å². The molecular formula is C7H8ClF. The first-order chi connectivity index (χ1) is 4.13. The van der Waals surface area contributed by atoms with Crippen molar-refractivity contribution in [1.29, 1.82) is 0 Å². The van der Waals surface area contributed by atoms with Crippen LogP contribution in [-0.4, -0.2) is 0 Å². The minimum atomic E-state index is -0.246. The predicted molar refractivity (Wildman–Crippen MR) is 39.0 cm³/mol. The van der Waals surface area contributed by atoms with Gasteiger partial charge in [-0.05, 0) is 19.1 Å². The van der Waals surface area contributed by atoms with Crippen LogP contribution in [0.25, 0.3) is 0 Å². The molecule has 0 radical (unpaired) electrons. The summed E-state index contributed by atoms with van der Waals surface area (Å²) in [5.74, 6) is -0.246. The fraction of sp³-hybridized carbons (Fsp3) is 0.143.